The van der Waals surface area contributed by atoms with Gasteiger partial charge in [-0.05, 0) is 42.3 Å². The maximum absolute atomic E-state index is 4.68. The first-order valence-electron chi connectivity index (χ1n) is 6.69. The molecule has 100 valence electrons. The first kappa shape index (κ1) is 11.7. The van der Waals surface area contributed by atoms with Gasteiger partial charge in [0.05, 0.1) is 11.4 Å². The summed E-state index contributed by atoms with van der Waals surface area (Å²) in [6, 6.07) is 10.7. The second kappa shape index (κ2) is 4.21. The molecule has 1 N–H and O–H groups in total. The number of hydrogen-bond donors (Lipinski definition) is 1. The molecule has 1 aromatic carbocycles. The second-order valence-electron chi connectivity index (χ2n) is 5.22. The van der Waals surface area contributed by atoms with Crippen LogP contribution in [0.25, 0.3) is 11.3 Å². The molecule has 3 heterocycles. The smallest absolute Gasteiger partial charge is 0.148 e. The van der Waals surface area contributed by atoms with Crippen LogP contribution in [-0.2, 0) is 0 Å². The lowest BCUT2D eigenvalue weighted by Crippen LogP contribution is -2.25. The average molecular weight is 281 g/mol. The van der Waals surface area contributed by atoms with E-state index in [1.54, 1.807) is 11.3 Å². The number of rotatable bonds is 1. The Kier molecular flexibility index (Phi) is 2.47. The van der Waals surface area contributed by atoms with Gasteiger partial charge in [-0.25, -0.2) is 4.68 Å². The summed E-state index contributed by atoms with van der Waals surface area (Å²) < 4.78 is 2.10. The minimum atomic E-state index is 0.0820. The summed E-state index contributed by atoms with van der Waals surface area (Å²) in [5, 5.41) is 12.6. The van der Waals surface area contributed by atoms with E-state index in [2.05, 4.69) is 63.1 Å². The van der Waals surface area contributed by atoms with Crippen LogP contribution in [0.1, 0.15) is 23.0 Å². The van der Waals surface area contributed by atoms with E-state index in [0.29, 0.717) is 0 Å². The topological polar surface area (TPSA) is 29.9 Å². The van der Waals surface area contributed by atoms with Gasteiger partial charge in [-0.15, -0.1) is 0 Å². The quantitative estimate of drug-likeness (QED) is 0.724. The van der Waals surface area contributed by atoms with Gasteiger partial charge in [0.15, 0.2) is 0 Å². The van der Waals surface area contributed by atoms with Crippen molar-refractivity contribution in [3.05, 3.63) is 57.9 Å². The number of aryl methyl sites for hydroxylation is 2. The number of anilines is 1. The molecule has 0 bridgehead atoms. The monoisotopic (exact) mass is 281 g/mol. The van der Waals surface area contributed by atoms with Gasteiger partial charge >= 0.3 is 0 Å². The van der Waals surface area contributed by atoms with Crippen molar-refractivity contribution in [2.75, 3.05) is 5.32 Å². The van der Waals surface area contributed by atoms with E-state index >= 15 is 0 Å². The number of hydrogen-bond acceptors (Lipinski definition) is 3. The minimum absolute atomic E-state index is 0.0820. The fourth-order valence-electron chi connectivity index (χ4n) is 2.84. The molecule has 3 nitrogen and oxygen atoms in total. The van der Waals surface area contributed by atoms with E-state index in [4.69, 9.17) is 0 Å². The molecule has 1 atom stereocenters. The number of fused-ring (bicyclic) bond motifs is 3. The Hall–Kier alpha value is -2.07. The number of nitrogens with one attached hydrogen (secondary N) is 1. The summed E-state index contributed by atoms with van der Waals surface area (Å²) in [5.41, 5.74) is 7.22. The van der Waals surface area contributed by atoms with Crippen molar-refractivity contribution < 1.29 is 0 Å². The van der Waals surface area contributed by atoms with Crippen LogP contribution in [0, 0.1) is 13.8 Å². The zero-order chi connectivity index (χ0) is 13.7. The molecule has 0 saturated carbocycles. The Balaban J connectivity index is 1.97. The van der Waals surface area contributed by atoms with Crippen molar-refractivity contribution in [1.82, 2.24) is 9.78 Å². The maximum Gasteiger partial charge on any atom is 0.148 e. The molecule has 0 fully saturated rings. The average Bonchev–Trinajstić information content (AvgIpc) is 3.06. The molecule has 0 saturated heterocycles. The fraction of sp³-hybridized carbons (Fsp3) is 0.188. The molecular formula is C16H15N3S. The zero-order valence-electron chi connectivity index (χ0n) is 11.4. The molecule has 1 aliphatic rings. The molecular weight excluding hydrogens is 266 g/mol. The van der Waals surface area contributed by atoms with Crippen molar-refractivity contribution >= 4 is 17.0 Å². The van der Waals surface area contributed by atoms with E-state index < -0.39 is 0 Å². The van der Waals surface area contributed by atoms with E-state index in [1.165, 1.54) is 28.1 Å². The molecule has 3 aromatic rings. The Morgan fingerprint density at radius 3 is 2.95 bits per heavy atom. The fourth-order valence-corrected chi connectivity index (χ4v) is 3.52. The van der Waals surface area contributed by atoms with Gasteiger partial charge in [0.1, 0.15) is 6.17 Å². The van der Waals surface area contributed by atoms with Gasteiger partial charge < -0.3 is 5.32 Å². The Labute approximate surface area is 121 Å². The summed E-state index contributed by atoms with van der Waals surface area (Å²) >= 11 is 1.72. The molecule has 4 heteroatoms. The lowest BCUT2D eigenvalue weighted by atomic mass is 10.0. The summed E-state index contributed by atoms with van der Waals surface area (Å²) in [6.45, 7) is 4.20. The first-order valence-corrected chi connectivity index (χ1v) is 7.63. The highest BCUT2D eigenvalue weighted by atomic mass is 32.1. The minimum Gasteiger partial charge on any atom is -0.359 e. The third-order valence-electron chi connectivity index (χ3n) is 3.79. The summed E-state index contributed by atoms with van der Waals surface area (Å²) in [4.78, 5) is 0. The van der Waals surface area contributed by atoms with E-state index in [0.717, 1.165) is 5.69 Å². The highest BCUT2D eigenvalue weighted by Gasteiger charge is 2.27. The van der Waals surface area contributed by atoms with Crippen LogP contribution < -0.4 is 5.32 Å². The summed E-state index contributed by atoms with van der Waals surface area (Å²) in [5.74, 6) is 0. The first-order chi connectivity index (χ1) is 9.74. The highest BCUT2D eigenvalue weighted by molar-refractivity contribution is 7.08. The standard InChI is InChI=1S/C16H15N3S/c1-10-4-3-5-13-14-8-11(2)18-19(14)16(17-15(10)13)12-6-7-20-9-12/h3-9,16-17H,1-2H3. The lowest BCUT2D eigenvalue weighted by Gasteiger charge is -2.29. The normalized spacial score (nSPS) is 16.4. The van der Waals surface area contributed by atoms with E-state index in [-0.39, 0.29) is 6.17 Å². The molecule has 0 amide bonds. The number of thiophene rings is 1. The lowest BCUT2D eigenvalue weighted by molar-refractivity contribution is 0.572. The second-order valence-corrected chi connectivity index (χ2v) is 6.00. The van der Waals surface area contributed by atoms with Crippen LogP contribution >= 0.6 is 11.3 Å². The Morgan fingerprint density at radius 1 is 1.25 bits per heavy atom. The van der Waals surface area contributed by atoms with E-state index in [1.807, 2.05) is 6.92 Å². The summed E-state index contributed by atoms with van der Waals surface area (Å²) in [6.07, 6.45) is 0.0820. The Morgan fingerprint density at radius 2 is 2.15 bits per heavy atom. The predicted molar refractivity (Wildman–Crippen MR) is 83.2 cm³/mol. The molecule has 20 heavy (non-hydrogen) atoms. The molecule has 4 rings (SSSR count). The van der Waals surface area contributed by atoms with Crippen LogP contribution in [0.3, 0.4) is 0 Å². The predicted octanol–water partition coefficient (Wildman–Crippen LogP) is 4.20. The van der Waals surface area contributed by atoms with Gasteiger partial charge in [-0.2, -0.15) is 16.4 Å². The van der Waals surface area contributed by atoms with Crippen molar-refractivity contribution in [2.45, 2.75) is 20.0 Å². The third kappa shape index (κ3) is 1.61. The number of para-hydroxylation sites is 1. The molecule has 0 radical (unpaired) electrons. The summed E-state index contributed by atoms with van der Waals surface area (Å²) in [7, 11) is 0. The van der Waals surface area contributed by atoms with Crippen molar-refractivity contribution in [2.24, 2.45) is 0 Å². The van der Waals surface area contributed by atoms with Gasteiger partial charge in [-0.1, -0.05) is 18.2 Å². The molecule has 1 unspecified atom stereocenters. The SMILES string of the molecule is Cc1cc2n(n1)C(c1ccsc1)Nc1c(C)cccc1-2. The van der Waals surface area contributed by atoms with E-state index in [9.17, 15) is 0 Å². The third-order valence-corrected chi connectivity index (χ3v) is 4.49. The number of nitrogens with zero attached hydrogens (tertiary/aromatic N) is 2. The molecule has 0 aliphatic carbocycles. The highest BCUT2D eigenvalue weighted by Crippen LogP contribution is 2.40. The molecule has 2 aromatic heterocycles. The van der Waals surface area contributed by atoms with Crippen molar-refractivity contribution in [3.63, 3.8) is 0 Å². The van der Waals surface area contributed by atoms with Crippen LogP contribution in [-0.4, -0.2) is 9.78 Å². The maximum atomic E-state index is 4.68. The van der Waals surface area contributed by atoms with Crippen LogP contribution in [0.5, 0.6) is 0 Å². The number of benzene rings is 1. The van der Waals surface area contributed by atoms with Crippen molar-refractivity contribution in [3.8, 4) is 11.3 Å². The molecule has 1 aliphatic heterocycles. The van der Waals surface area contributed by atoms with Gasteiger partial charge in [-0.3, -0.25) is 0 Å². The van der Waals surface area contributed by atoms with Crippen molar-refractivity contribution in [1.29, 1.82) is 0 Å². The number of aromatic nitrogens is 2. The largest absolute Gasteiger partial charge is 0.359 e. The van der Waals surface area contributed by atoms with Gasteiger partial charge in [0, 0.05) is 16.8 Å². The Bertz CT molecular complexity index is 771. The van der Waals surface area contributed by atoms with Gasteiger partial charge in [0.2, 0.25) is 0 Å². The molecule has 0 spiro atoms. The van der Waals surface area contributed by atoms with Gasteiger partial charge in [0.25, 0.3) is 0 Å². The zero-order valence-corrected chi connectivity index (χ0v) is 12.2. The van der Waals surface area contributed by atoms with Crippen LogP contribution in [0.4, 0.5) is 5.69 Å². The van der Waals surface area contributed by atoms with Crippen LogP contribution in [0.15, 0.2) is 41.1 Å². The van der Waals surface area contributed by atoms with Crippen LogP contribution in [0.2, 0.25) is 0 Å².